The molecule has 1 unspecified atom stereocenters. The molecule has 0 aliphatic heterocycles. The van der Waals surface area contributed by atoms with Gasteiger partial charge in [0.15, 0.2) is 0 Å². The lowest BCUT2D eigenvalue weighted by molar-refractivity contribution is 0.561. The van der Waals surface area contributed by atoms with Gasteiger partial charge >= 0.3 is 0 Å². The molecule has 0 amide bonds. The molecule has 0 saturated carbocycles. The molecule has 0 radical (unpaired) electrons. The molecule has 0 aliphatic carbocycles. The largest absolute Gasteiger partial charge is 0.308 e. The van der Waals surface area contributed by atoms with Gasteiger partial charge in [0.2, 0.25) is 0 Å². The second-order valence-corrected chi connectivity index (χ2v) is 4.94. The van der Waals surface area contributed by atoms with E-state index in [-0.39, 0.29) is 6.04 Å². The Morgan fingerprint density at radius 2 is 2.29 bits per heavy atom. The molecule has 0 saturated heterocycles. The number of thiophene rings is 1. The lowest BCUT2D eigenvalue weighted by atomic mass is 10.2. The summed E-state index contributed by atoms with van der Waals surface area (Å²) in [6.45, 7) is 7.19. The van der Waals surface area contributed by atoms with Gasteiger partial charge in [0.1, 0.15) is 0 Å². The highest BCUT2D eigenvalue weighted by Gasteiger charge is 2.03. The zero-order chi connectivity index (χ0) is 10.6. The maximum Gasteiger partial charge on any atom is 0.0638 e. The predicted molar refractivity (Wildman–Crippen MR) is 60.3 cm³/mol. The summed E-state index contributed by atoms with van der Waals surface area (Å²) >= 11 is 1.83. The summed E-state index contributed by atoms with van der Waals surface area (Å²) in [5, 5.41) is 11.8. The van der Waals surface area contributed by atoms with Crippen LogP contribution in [0.3, 0.4) is 0 Å². The molecule has 0 spiro atoms. The number of nitrogens with zero attached hydrogens (tertiary/aromatic N) is 1. The zero-order valence-electron chi connectivity index (χ0n) is 8.92. The van der Waals surface area contributed by atoms with Gasteiger partial charge in [0, 0.05) is 22.3 Å². The van der Waals surface area contributed by atoms with Crippen molar-refractivity contribution in [3.05, 3.63) is 21.4 Å². The molecule has 1 N–H and O–H groups in total. The van der Waals surface area contributed by atoms with Crippen molar-refractivity contribution < 1.29 is 0 Å². The van der Waals surface area contributed by atoms with Crippen LogP contribution in [0.25, 0.3) is 0 Å². The molecule has 76 valence electrons. The lowest BCUT2D eigenvalue weighted by Crippen LogP contribution is -2.24. The van der Waals surface area contributed by atoms with Gasteiger partial charge in [-0.15, -0.1) is 11.3 Å². The Morgan fingerprint density at radius 3 is 2.79 bits per heavy atom. The van der Waals surface area contributed by atoms with Crippen molar-refractivity contribution in [3.63, 3.8) is 0 Å². The molecule has 1 aromatic rings. The summed E-state index contributed by atoms with van der Waals surface area (Å²) in [5.74, 6) is 0. The summed E-state index contributed by atoms with van der Waals surface area (Å²) in [4.78, 5) is 2.74. The summed E-state index contributed by atoms with van der Waals surface area (Å²) < 4.78 is 0. The number of rotatable bonds is 4. The first-order valence-corrected chi connectivity index (χ1v) is 5.61. The fourth-order valence-electron chi connectivity index (χ4n) is 1.22. The average Bonchev–Trinajstić information content (AvgIpc) is 2.44. The van der Waals surface area contributed by atoms with Crippen molar-refractivity contribution in [2.45, 2.75) is 39.8 Å². The summed E-state index contributed by atoms with van der Waals surface area (Å²) in [6.07, 6.45) is 0.573. The standard InChI is InChI=1S/C11H16N2S/c1-8-6-11(14-10(8)3)7-13-9(2)4-5-12/h6,9,13H,4,7H2,1-3H3. The van der Waals surface area contributed by atoms with E-state index < -0.39 is 0 Å². The van der Waals surface area contributed by atoms with E-state index in [9.17, 15) is 0 Å². The van der Waals surface area contributed by atoms with E-state index in [0.717, 1.165) is 6.54 Å². The van der Waals surface area contributed by atoms with E-state index in [0.29, 0.717) is 6.42 Å². The van der Waals surface area contributed by atoms with E-state index in [1.165, 1.54) is 15.3 Å². The molecule has 0 aromatic carbocycles. The summed E-state index contributed by atoms with van der Waals surface area (Å²) in [6, 6.07) is 4.66. The van der Waals surface area contributed by atoms with Gasteiger partial charge in [0.05, 0.1) is 12.5 Å². The van der Waals surface area contributed by atoms with Crippen LogP contribution in [0.4, 0.5) is 0 Å². The Labute approximate surface area is 89.6 Å². The second kappa shape index (κ2) is 5.14. The third-order valence-corrected chi connectivity index (χ3v) is 3.39. The molecule has 0 fully saturated rings. The summed E-state index contributed by atoms with van der Waals surface area (Å²) in [7, 11) is 0. The highest BCUT2D eigenvalue weighted by molar-refractivity contribution is 7.12. The molecular weight excluding hydrogens is 192 g/mol. The molecular formula is C11H16N2S. The Kier molecular flexibility index (Phi) is 4.12. The van der Waals surface area contributed by atoms with Crippen LogP contribution in [0, 0.1) is 25.2 Å². The first-order valence-electron chi connectivity index (χ1n) is 4.79. The monoisotopic (exact) mass is 208 g/mol. The van der Waals surface area contributed by atoms with Crippen LogP contribution >= 0.6 is 11.3 Å². The van der Waals surface area contributed by atoms with Gasteiger partial charge in [-0.1, -0.05) is 0 Å². The van der Waals surface area contributed by atoms with Gasteiger partial charge < -0.3 is 5.32 Å². The number of nitriles is 1. The lowest BCUT2D eigenvalue weighted by Gasteiger charge is -2.07. The smallest absolute Gasteiger partial charge is 0.0638 e. The third-order valence-electron chi connectivity index (χ3n) is 2.24. The van der Waals surface area contributed by atoms with Crippen molar-refractivity contribution in [2.75, 3.05) is 0 Å². The quantitative estimate of drug-likeness (QED) is 0.826. The van der Waals surface area contributed by atoms with Crippen LogP contribution in [0.5, 0.6) is 0 Å². The molecule has 3 heteroatoms. The Balaban J connectivity index is 2.42. The highest BCUT2D eigenvalue weighted by atomic mass is 32.1. The number of aryl methyl sites for hydroxylation is 2. The Morgan fingerprint density at radius 1 is 1.57 bits per heavy atom. The van der Waals surface area contributed by atoms with Gasteiger partial charge in [-0.25, -0.2) is 0 Å². The first kappa shape index (κ1) is 11.2. The number of hydrogen-bond acceptors (Lipinski definition) is 3. The maximum atomic E-state index is 8.49. The molecule has 1 atom stereocenters. The SMILES string of the molecule is Cc1cc(CNC(C)CC#N)sc1C. The number of nitrogens with one attached hydrogen (secondary N) is 1. The van der Waals surface area contributed by atoms with Crippen LogP contribution < -0.4 is 5.32 Å². The fraction of sp³-hybridized carbons (Fsp3) is 0.545. The van der Waals surface area contributed by atoms with Gasteiger partial charge in [-0.2, -0.15) is 5.26 Å². The van der Waals surface area contributed by atoms with E-state index in [1.54, 1.807) is 0 Å². The van der Waals surface area contributed by atoms with Crippen molar-refractivity contribution in [1.29, 1.82) is 5.26 Å². The van der Waals surface area contributed by atoms with Crippen LogP contribution in [0.15, 0.2) is 6.07 Å². The molecule has 0 aliphatic rings. The van der Waals surface area contributed by atoms with Crippen LogP contribution in [0.1, 0.15) is 28.7 Å². The number of hydrogen-bond donors (Lipinski definition) is 1. The van der Waals surface area contributed by atoms with E-state index in [2.05, 4.69) is 31.3 Å². The minimum Gasteiger partial charge on any atom is -0.308 e. The van der Waals surface area contributed by atoms with E-state index in [1.807, 2.05) is 18.3 Å². The first-order chi connectivity index (χ1) is 6.63. The van der Waals surface area contributed by atoms with Crippen LogP contribution in [-0.4, -0.2) is 6.04 Å². The van der Waals surface area contributed by atoms with Crippen molar-refractivity contribution in [1.82, 2.24) is 5.32 Å². The highest BCUT2D eigenvalue weighted by Crippen LogP contribution is 2.20. The molecule has 1 rings (SSSR count). The van der Waals surface area contributed by atoms with Gasteiger partial charge in [0.25, 0.3) is 0 Å². The Bertz CT molecular complexity index is 316. The fourth-order valence-corrected chi connectivity index (χ4v) is 2.23. The van der Waals surface area contributed by atoms with E-state index >= 15 is 0 Å². The average molecular weight is 208 g/mol. The topological polar surface area (TPSA) is 35.8 Å². The second-order valence-electron chi connectivity index (χ2n) is 3.60. The maximum absolute atomic E-state index is 8.49. The van der Waals surface area contributed by atoms with Gasteiger partial charge in [-0.3, -0.25) is 0 Å². The Hall–Kier alpha value is -0.850. The normalized spacial score (nSPS) is 12.4. The molecule has 1 heterocycles. The zero-order valence-corrected chi connectivity index (χ0v) is 9.74. The summed E-state index contributed by atoms with van der Waals surface area (Å²) in [5.41, 5.74) is 1.36. The molecule has 14 heavy (non-hydrogen) atoms. The predicted octanol–water partition coefficient (Wildman–Crippen LogP) is 2.76. The minimum absolute atomic E-state index is 0.280. The van der Waals surface area contributed by atoms with Gasteiger partial charge in [-0.05, 0) is 32.4 Å². The van der Waals surface area contributed by atoms with Crippen LogP contribution in [-0.2, 0) is 6.54 Å². The molecule has 1 aromatic heterocycles. The van der Waals surface area contributed by atoms with Crippen molar-refractivity contribution in [2.24, 2.45) is 0 Å². The van der Waals surface area contributed by atoms with E-state index in [4.69, 9.17) is 5.26 Å². The third kappa shape index (κ3) is 3.13. The van der Waals surface area contributed by atoms with Crippen molar-refractivity contribution in [3.8, 4) is 6.07 Å². The minimum atomic E-state index is 0.280. The molecule has 2 nitrogen and oxygen atoms in total. The van der Waals surface area contributed by atoms with Crippen molar-refractivity contribution >= 4 is 11.3 Å². The van der Waals surface area contributed by atoms with Crippen LogP contribution in [0.2, 0.25) is 0 Å². The molecule has 0 bridgehead atoms.